The van der Waals surface area contributed by atoms with Gasteiger partial charge in [-0.2, -0.15) is 5.10 Å². The SMILES string of the molecule is COc1ccc(-c2[nH]ncc2C=O)c(C)c1C. The van der Waals surface area contributed by atoms with Gasteiger partial charge in [0.15, 0.2) is 6.29 Å². The number of ether oxygens (including phenoxy) is 1. The number of H-pyrrole nitrogens is 1. The highest BCUT2D eigenvalue weighted by Crippen LogP contribution is 2.31. The molecule has 0 aliphatic rings. The van der Waals surface area contributed by atoms with Gasteiger partial charge in [-0.1, -0.05) is 0 Å². The second-order valence-corrected chi connectivity index (χ2v) is 3.88. The zero-order chi connectivity index (χ0) is 12.4. The number of aromatic amines is 1. The molecule has 0 saturated heterocycles. The van der Waals surface area contributed by atoms with Crippen LogP contribution in [0.1, 0.15) is 21.5 Å². The lowest BCUT2D eigenvalue weighted by Crippen LogP contribution is -1.94. The number of benzene rings is 1. The Balaban J connectivity index is 2.61. The normalized spacial score (nSPS) is 10.3. The first-order chi connectivity index (χ1) is 8.19. The van der Waals surface area contributed by atoms with Crippen molar-refractivity contribution in [1.29, 1.82) is 0 Å². The summed E-state index contributed by atoms with van der Waals surface area (Å²) < 4.78 is 5.26. The van der Waals surface area contributed by atoms with Gasteiger partial charge in [-0.05, 0) is 37.1 Å². The van der Waals surface area contributed by atoms with Gasteiger partial charge in [-0.3, -0.25) is 9.89 Å². The smallest absolute Gasteiger partial charge is 0.153 e. The predicted molar refractivity (Wildman–Crippen MR) is 65.4 cm³/mol. The molecule has 1 heterocycles. The van der Waals surface area contributed by atoms with Crippen molar-refractivity contribution in [3.8, 4) is 17.0 Å². The summed E-state index contributed by atoms with van der Waals surface area (Å²) >= 11 is 0. The fourth-order valence-corrected chi connectivity index (χ4v) is 1.89. The third-order valence-corrected chi connectivity index (χ3v) is 3.02. The molecule has 0 radical (unpaired) electrons. The molecule has 0 saturated carbocycles. The Morgan fingerprint density at radius 1 is 1.29 bits per heavy atom. The number of hydrogen-bond donors (Lipinski definition) is 1. The van der Waals surface area contributed by atoms with Crippen molar-refractivity contribution in [3.05, 3.63) is 35.0 Å². The van der Waals surface area contributed by atoms with Crippen molar-refractivity contribution >= 4 is 6.29 Å². The molecule has 17 heavy (non-hydrogen) atoms. The molecule has 2 aromatic rings. The van der Waals surface area contributed by atoms with E-state index in [2.05, 4.69) is 10.2 Å². The van der Waals surface area contributed by atoms with E-state index in [0.717, 1.165) is 34.4 Å². The Morgan fingerprint density at radius 3 is 2.71 bits per heavy atom. The number of nitrogens with one attached hydrogen (secondary N) is 1. The highest BCUT2D eigenvalue weighted by atomic mass is 16.5. The number of nitrogens with zero attached hydrogens (tertiary/aromatic N) is 1. The molecule has 0 unspecified atom stereocenters. The minimum absolute atomic E-state index is 0.567. The standard InChI is InChI=1S/C13H14N2O2/c1-8-9(2)12(17-3)5-4-11(8)13-10(7-16)6-14-15-13/h4-7H,1-3H3,(H,14,15). The lowest BCUT2D eigenvalue weighted by atomic mass is 9.98. The molecule has 4 nitrogen and oxygen atoms in total. The van der Waals surface area contributed by atoms with Gasteiger partial charge < -0.3 is 4.74 Å². The van der Waals surface area contributed by atoms with E-state index in [1.807, 2.05) is 26.0 Å². The highest BCUT2D eigenvalue weighted by Gasteiger charge is 2.12. The van der Waals surface area contributed by atoms with Crippen LogP contribution in [0.4, 0.5) is 0 Å². The number of methoxy groups -OCH3 is 1. The quantitative estimate of drug-likeness (QED) is 0.824. The Bertz CT molecular complexity index is 559. The lowest BCUT2D eigenvalue weighted by molar-refractivity contribution is 0.112. The molecule has 0 aliphatic heterocycles. The van der Waals surface area contributed by atoms with Crippen molar-refractivity contribution < 1.29 is 9.53 Å². The summed E-state index contributed by atoms with van der Waals surface area (Å²) in [4.78, 5) is 10.9. The summed E-state index contributed by atoms with van der Waals surface area (Å²) in [7, 11) is 1.65. The second kappa shape index (κ2) is 4.41. The summed E-state index contributed by atoms with van der Waals surface area (Å²) in [5.74, 6) is 0.846. The van der Waals surface area contributed by atoms with Crippen LogP contribution in [0.5, 0.6) is 5.75 Å². The third kappa shape index (κ3) is 1.82. The maximum atomic E-state index is 10.9. The predicted octanol–water partition coefficient (Wildman–Crippen LogP) is 2.51. The molecule has 1 aromatic heterocycles. The Morgan fingerprint density at radius 2 is 2.06 bits per heavy atom. The van der Waals surface area contributed by atoms with Gasteiger partial charge in [0.2, 0.25) is 0 Å². The van der Waals surface area contributed by atoms with Gasteiger partial charge in [0.25, 0.3) is 0 Å². The average molecular weight is 230 g/mol. The minimum atomic E-state index is 0.567. The van der Waals surface area contributed by atoms with Crippen LogP contribution < -0.4 is 4.74 Å². The zero-order valence-corrected chi connectivity index (χ0v) is 10.1. The minimum Gasteiger partial charge on any atom is -0.496 e. The van der Waals surface area contributed by atoms with Crippen molar-refractivity contribution in [3.63, 3.8) is 0 Å². The van der Waals surface area contributed by atoms with Crippen molar-refractivity contribution in [2.24, 2.45) is 0 Å². The first-order valence-electron chi connectivity index (χ1n) is 5.32. The monoisotopic (exact) mass is 230 g/mol. The molecule has 4 heteroatoms. The topological polar surface area (TPSA) is 55.0 Å². The largest absolute Gasteiger partial charge is 0.496 e. The fraction of sp³-hybridized carbons (Fsp3) is 0.231. The fourth-order valence-electron chi connectivity index (χ4n) is 1.89. The Labute approximate surface area is 99.6 Å². The highest BCUT2D eigenvalue weighted by molar-refractivity contribution is 5.86. The van der Waals surface area contributed by atoms with Crippen molar-refractivity contribution in [2.75, 3.05) is 7.11 Å². The molecule has 2 rings (SSSR count). The number of aldehydes is 1. The molecule has 0 aliphatic carbocycles. The molecule has 0 spiro atoms. The van der Waals surface area contributed by atoms with Crippen LogP contribution in [0.2, 0.25) is 0 Å². The van der Waals surface area contributed by atoms with Gasteiger partial charge in [-0.15, -0.1) is 0 Å². The zero-order valence-electron chi connectivity index (χ0n) is 10.1. The number of carbonyl (C=O) groups excluding carboxylic acids is 1. The van der Waals surface area contributed by atoms with Gasteiger partial charge in [0, 0.05) is 5.56 Å². The summed E-state index contributed by atoms with van der Waals surface area (Å²) in [5, 5.41) is 6.75. The van der Waals surface area contributed by atoms with Gasteiger partial charge >= 0.3 is 0 Å². The summed E-state index contributed by atoms with van der Waals surface area (Å²) in [6.07, 6.45) is 2.33. The lowest BCUT2D eigenvalue weighted by Gasteiger charge is -2.11. The van der Waals surface area contributed by atoms with Crippen LogP contribution in [-0.2, 0) is 0 Å². The van der Waals surface area contributed by atoms with E-state index in [4.69, 9.17) is 4.74 Å². The number of rotatable bonds is 3. The van der Waals surface area contributed by atoms with Crippen LogP contribution in [0, 0.1) is 13.8 Å². The molecule has 0 fully saturated rings. The van der Waals surface area contributed by atoms with E-state index in [-0.39, 0.29) is 0 Å². The van der Waals surface area contributed by atoms with Crippen LogP contribution in [0.25, 0.3) is 11.3 Å². The van der Waals surface area contributed by atoms with Crippen LogP contribution in [0.15, 0.2) is 18.3 Å². The number of aromatic nitrogens is 2. The molecule has 1 N–H and O–H groups in total. The summed E-state index contributed by atoms with van der Waals surface area (Å²) in [6, 6.07) is 3.83. The molecular formula is C13H14N2O2. The Hall–Kier alpha value is -2.10. The van der Waals surface area contributed by atoms with E-state index >= 15 is 0 Å². The first kappa shape index (κ1) is 11.4. The van der Waals surface area contributed by atoms with Crippen LogP contribution >= 0.6 is 0 Å². The third-order valence-electron chi connectivity index (χ3n) is 3.02. The maximum absolute atomic E-state index is 10.9. The molecule has 0 amide bonds. The van der Waals surface area contributed by atoms with Crippen molar-refractivity contribution in [2.45, 2.75) is 13.8 Å². The number of hydrogen-bond acceptors (Lipinski definition) is 3. The van der Waals surface area contributed by atoms with Gasteiger partial charge in [0.05, 0.1) is 24.6 Å². The molecule has 0 bridgehead atoms. The summed E-state index contributed by atoms with van der Waals surface area (Å²) in [5.41, 5.74) is 4.44. The van der Waals surface area contributed by atoms with Crippen LogP contribution in [0.3, 0.4) is 0 Å². The molecule has 1 aromatic carbocycles. The first-order valence-corrected chi connectivity index (χ1v) is 5.32. The molecular weight excluding hydrogens is 216 g/mol. The van der Waals surface area contributed by atoms with E-state index in [0.29, 0.717) is 5.56 Å². The maximum Gasteiger partial charge on any atom is 0.153 e. The summed E-state index contributed by atoms with van der Waals surface area (Å²) in [6.45, 7) is 4.00. The number of carbonyl (C=O) groups is 1. The second-order valence-electron chi connectivity index (χ2n) is 3.88. The van der Waals surface area contributed by atoms with E-state index < -0.39 is 0 Å². The van der Waals surface area contributed by atoms with Crippen molar-refractivity contribution in [1.82, 2.24) is 10.2 Å². The molecule has 0 atom stereocenters. The van der Waals surface area contributed by atoms with Crippen LogP contribution in [-0.4, -0.2) is 23.6 Å². The molecule has 88 valence electrons. The average Bonchev–Trinajstić information content (AvgIpc) is 2.80. The van der Waals surface area contributed by atoms with Gasteiger partial charge in [0.1, 0.15) is 5.75 Å². The van der Waals surface area contributed by atoms with Gasteiger partial charge in [-0.25, -0.2) is 0 Å². The van der Waals surface area contributed by atoms with E-state index in [1.165, 1.54) is 6.20 Å². The van der Waals surface area contributed by atoms with E-state index in [9.17, 15) is 4.79 Å². The van der Waals surface area contributed by atoms with E-state index in [1.54, 1.807) is 7.11 Å². The Kier molecular flexibility index (Phi) is 2.95.